The average molecular weight is 445 g/mol. The predicted molar refractivity (Wildman–Crippen MR) is 122 cm³/mol. The van der Waals surface area contributed by atoms with Crippen LogP contribution in [0.15, 0.2) is 24.3 Å². The van der Waals surface area contributed by atoms with E-state index < -0.39 is 0 Å². The minimum absolute atomic E-state index is 0. The number of carbonyl (C=O) groups excluding carboxylic acids is 1. The molecular formula is C20H30Cl2N4OS. The number of hydrogen-bond acceptors (Lipinski definition) is 5. The molecule has 2 aliphatic heterocycles. The third-order valence-electron chi connectivity index (χ3n) is 6.02. The van der Waals surface area contributed by atoms with Crippen LogP contribution in [0.5, 0.6) is 0 Å². The number of likely N-dealkylation sites (tertiary alicyclic amines) is 1. The first-order valence-electron chi connectivity index (χ1n) is 9.59. The molecule has 2 saturated heterocycles. The van der Waals surface area contributed by atoms with Crippen LogP contribution in [0.3, 0.4) is 0 Å². The van der Waals surface area contributed by atoms with Crippen LogP contribution in [-0.4, -0.2) is 48.0 Å². The number of aromatic nitrogens is 1. The number of fused-ring (bicyclic) bond motifs is 1. The van der Waals surface area contributed by atoms with Crippen molar-refractivity contribution >= 4 is 57.4 Å². The van der Waals surface area contributed by atoms with Crippen LogP contribution in [0.2, 0.25) is 0 Å². The minimum atomic E-state index is 0. The highest BCUT2D eigenvalue weighted by Crippen LogP contribution is 2.33. The first kappa shape index (κ1) is 23.2. The summed E-state index contributed by atoms with van der Waals surface area (Å²) < 4.78 is 1.23. The molecule has 0 radical (unpaired) electrons. The minimum Gasteiger partial charge on any atom is -0.348 e. The Kier molecular flexibility index (Phi) is 7.59. The van der Waals surface area contributed by atoms with Gasteiger partial charge in [-0.25, -0.2) is 4.98 Å². The molecule has 8 heteroatoms. The van der Waals surface area contributed by atoms with Crippen molar-refractivity contribution in [3.63, 3.8) is 0 Å². The van der Waals surface area contributed by atoms with E-state index in [4.69, 9.17) is 10.7 Å². The van der Waals surface area contributed by atoms with Gasteiger partial charge in [-0.1, -0.05) is 37.3 Å². The largest absolute Gasteiger partial charge is 0.348 e. The van der Waals surface area contributed by atoms with Gasteiger partial charge in [-0.3, -0.25) is 4.79 Å². The van der Waals surface area contributed by atoms with Crippen molar-refractivity contribution in [3.05, 3.63) is 24.3 Å². The van der Waals surface area contributed by atoms with Crippen LogP contribution in [0.4, 0.5) is 5.13 Å². The van der Waals surface area contributed by atoms with Crippen LogP contribution in [-0.2, 0) is 4.79 Å². The van der Waals surface area contributed by atoms with E-state index in [-0.39, 0.29) is 42.2 Å². The molecule has 1 aromatic heterocycles. The summed E-state index contributed by atoms with van der Waals surface area (Å²) in [7, 11) is 0. The van der Waals surface area contributed by atoms with E-state index in [0.717, 1.165) is 56.1 Å². The molecule has 2 aromatic rings. The van der Waals surface area contributed by atoms with E-state index in [2.05, 4.69) is 41.8 Å². The number of para-hydroxylation sites is 1. The Morgan fingerprint density at radius 3 is 2.46 bits per heavy atom. The fraction of sp³-hybridized carbons (Fsp3) is 0.600. The van der Waals surface area contributed by atoms with Gasteiger partial charge in [0.25, 0.3) is 0 Å². The molecule has 1 amide bonds. The van der Waals surface area contributed by atoms with Crippen molar-refractivity contribution in [2.24, 2.45) is 17.1 Å². The summed E-state index contributed by atoms with van der Waals surface area (Å²) in [6, 6.07) is 8.46. The molecule has 5 nitrogen and oxygen atoms in total. The second kappa shape index (κ2) is 9.16. The van der Waals surface area contributed by atoms with E-state index in [1.54, 1.807) is 11.3 Å². The average Bonchev–Trinajstić information content (AvgIpc) is 3.07. The number of amides is 1. The summed E-state index contributed by atoms with van der Waals surface area (Å²) in [6.07, 6.45) is 2.73. The monoisotopic (exact) mass is 444 g/mol. The number of piperidine rings is 2. The molecule has 2 N–H and O–H groups in total. The quantitative estimate of drug-likeness (QED) is 0.761. The van der Waals surface area contributed by atoms with Gasteiger partial charge in [-0.2, -0.15) is 0 Å². The van der Waals surface area contributed by atoms with E-state index >= 15 is 0 Å². The third kappa shape index (κ3) is 4.56. The highest BCUT2D eigenvalue weighted by Gasteiger charge is 2.38. The van der Waals surface area contributed by atoms with Crippen molar-refractivity contribution in [3.8, 4) is 0 Å². The molecule has 2 fully saturated rings. The summed E-state index contributed by atoms with van der Waals surface area (Å²) in [6.45, 7) is 7.76. The van der Waals surface area contributed by atoms with Gasteiger partial charge in [0.1, 0.15) is 0 Å². The van der Waals surface area contributed by atoms with Crippen molar-refractivity contribution in [1.82, 2.24) is 9.88 Å². The Balaban J connectivity index is 0.00000140. The number of hydrogen-bond donors (Lipinski definition) is 1. The van der Waals surface area contributed by atoms with Crippen LogP contribution in [0, 0.1) is 11.3 Å². The van der Waals surface area contributed by atoms with Crippen molar-refractivity contribution in [2.75, 3.05) is 31.1 Å². The maximum absolute atomic E-state index is 13.0. The molecule has 1 atom stereocenters. The number of benzene rings is 1. The molecule has 0 saturated carbocycles. The van der Waals surface area contributed by atoms with E-state index in [9.17, 15) is 4.79 Å². The number of nitrogens with two attached hydrogens (primary N) is 1. The number of halogens is 2. The first-order valence-corrected chi connectivity index (χ1v) is 10.4. The fourth-order valence-corrected chi connectivity index (χ4v) is 5.15. The highest BCUT2D eigenvalue weighted by molar-refractivity contribution is 7.22. The van der Waals surface area contributed by atoms with Gasteiger partial charge in [-0.15, -0.1) is 24.8 Å². The molecule has 1 unspecified atom stereocenters. The van der Waals surface area contributed by atoms with Gasteiger partial charge < -0.3 is 15.5 Å². The summed E-state index contributed by atoms with van der Waals surface area (Å²) in [5.74, 6) is 0.472. The number of nitrogens with zero attached hydrogens (tertiary/aromatic N) is 3. The topological polar surface area (TPSA) is 62.5 Å². The van der Waals surface area contributed by atoms with Crippen LogP contribution in [0.25, 0.3) is 10.2 Å². The smallest absolute Gasteiger partial charge is 0.225 e. The maximum atomic E-state index is 13.0. The zero-order valence-corrected chi connectivity index (χ0v) is 18.9. The van der Waals surface area contributed by atoms with E-state index in [0.29, 0.717) is 5.91 Å². The SMILES string of the molecule is CC1(C)CN(C(=O)C2CCN(c3nc4ccccc4s3)CC2)CCC1N.Cl.Cl. The zero-order valence-electron chi connectivity index (χ0n) is 16.5. The van der Waals surface area contributed by atoms with Crippen LogP contribution < -0.4 is 10.6 Å². The fourth-order valence-electron chi connectivity index (χ4n) is 4.13. The molecule has 1 aromatic carbocycles. The lowest BCUT2D eigenvalue weighted by Gasteiger charge is -2.44. The maximum Gasteiger partial charge on any atom is 0.225 e. The highest BCUT2D eigenvalue weighted by atomic mass is 35.5. The van der Waals surface area contributed by atoms with Crippen molar-refractivity contribution in [1.29, 1.82) is 0 Å². The van der Waals surface area contributed by atoms with Crippen LogP contribution in [0.1, 0.15) is 33.1 Å². The Hall–Kier alpha value is -1.08. The molecule has 0 bridgehead atoms. The lowest BCUT2D eigenvalue weighted by Crippen LogP contribution is -2.55. The first-order chi connectivity index (χ1) is 12.4. The van der Waals surface area contributed by atoms with Gasteiger partial charge in [0.15, 0.2) is 5.13 Å². The molecule has 2 aliphatic rings. The number of carbonyl (C=O) groups is 1. The predicted octanol–water partition coefficient (Wildman–Crippen LogP) is 3.94. The lowest BCUT2D eigenvalue weighted by molar-refractivity contribution is -0.139. The molecule has 156 valence electrons. The van der Waals surface area contributed by atoms with Gasteiger partial charge >= 0.3 is 0 Å². The Morgan fingerprint density at radius 1 is 1.14 bits per heavy atom. The summed E-state index contributed by atoms with van der Waals surface area (Å²) in [4.78, 5) is 22.1. The number of thiazole rings is 1. The van der Waals surface area contributed by atoms with Crippen molar-refractivity contribution < 1.29 is 4.79 Å². The summed E-state index contributed by atoms with van der Waals surface area (Å²) >= 11 is 1.75. The normalized spacial score (nSPS) is 22.5. The molecule has 0 aliphatic carbocycles. The summed E-state index contributed by atoms with van der Waals surface area (Å²) in [5, 5.41) is 1.09. The van der Waals surface area contributed by atoms with Crippen molar-refractivity contribution in [2.45, 2.75) is 39.2 Å². The molecular weight excluding hydrogens is 415 g/mol. The standard InChI is InChI=1S/C20H28N4OS.2ClH/c1-20(2)13-24(12-9-17(20)21)18(25)14-7-10-23(11-8-14)19-22-15-5-3-4-6-16(15)26-19;;/h3-6,14,17H,7-13,21H2,1-2H3;2*1H. The number of anilines is 1. The molecule has 3 heterocycles. The third-order valence-corrected chi connectivity index (χ3v) is 7.12. The van der Waals surface area contributed by atoms with E-state index in [1.165, 1.54) is 4.70 Å². The van der Waals surface area contributed by atoms with Gasteiger partial charge in [-0.05, 0) is 36.8 Å². The molecule has 28 heavy (non-hydrogen) atoms. The summed E-state index contributed by atoms with van der Waals surface area (Å²) in [5.41, 5.74) is 7.29. The molecule has 4 rings (SSSR count). The second-order valence-electron chi connectivity index (χ2n) is 8.37. The Morgan fingerprint density at radius 2 is 1.82 bits per heavy atom. The Labute approximate surface area is 183 Å². The zero-order chi connectivity index (χ0) is 18.3. The van der Waals surface area contributed by atoms with Gasteiger partial charge in [0, 0.05) is 38.1 Å². The number of rotatable bonds is 2. The lowest BCUT2D eigenvalue weighted by atomic mass is 9.79. The van der Waals surface area contributed by atoms with Gasteiger partial charge in [0.05, 0.1) is 10.2 Å². The Bertz CT molecular complexity index is 771. The second-order valence-corrected chi connectivity index (χ2v) is 9.38. The van der Waals surface area contributed by atoms with E-state index in [1.807, 2.05) is 6.07 Å². The van der Waals surface area contributed by atoms with Gasteiger partial charge in [0.2, 0.25) is 5.91 Å². The molecule has 0 spiro atoms. The van der Waals surface area contributed by atoms with Crippen LogP contribution >= 0.6 is 36.2 Å².